The van der Waals surface area contributed by atoms with E-state index in [1.165, 1.54) is 5.56 Å². The summed E-state index contributed by atoms with van der Waals surface area (Å²) in [6.45, 7) is 1.77. The van der Waals surface area contributed by atoms with Gasteiger partial charge < -0.3 is 23.8 Å². The first-order chi connectivity index (χ1) is 17.9. The molecule has 3 aromatic rings. The summed E-state index contributed by atoms with van der Waals surface area (Å²) in [6.07, 6.45) is 3.09. The van der Waals surface area contributed by atoms with Gasteiger partial charge in [0.15, 0.2) is 0 Å². The average molecular weight is 503 g/mol. The fourth-order valence-corrected chi connectivity index (χ4v) is 4.62. The number of benzene rings is 3. The molecule has 1 unspecified atom stereocenters. The van der Waals surface area contributed by atoms with Crippen LogP contribution in [0.4, 0.5) is 0 Å². The van der Waals surface area contributed by atoms with E-state index in [-0.39, 0.29) is 0 Å². The van der Waals surface area contributed by atoms with Crippen molar-refractivity contribution in [1.29, 1.82) is 5.26 Å². The number of hydrogen-bond donors (Lipinski definition) is 0. The van der Waals surface area contributed by atoms with Crippen LogP contribution in [-0.2, 0) is 18.3 Å². The highest BCUT2D eigenvalue weighted by molar-refractivity contribution is 5.46. The maximum absolute atomic E-state index is 10.6. The predicted octanol–water partition coefficient (Wildman–Crippen LogP) is 5.68. The van der Waals surface area contributed by atoms with Crippen LogP contribution >= 0.6 is 0 Å². The molecule has 37 heavy (non-hydrogen) atoms. The van der Waals surface area contributed by atoms with E-state index < -0.39 is 5.41 Å². The number of ether oxygens (including phenoxy) is 4. The van der Waals surface area contributed by atoms with Crippen molar-refractivity contribution in [3.63, 3.8) is 0 Å². The normalized spacial score (nSPS) is 12.5. The van der Waals surface area contributed by atoms with Crippen LogP contribution < -0.4 is 18.9 Å². The van der Waals surface area contributed by atoms with Gasteiger partial charge in [-0.15, -0.1) is 0 Å². The second-order valence-corrected chi connectivity index (χ2v) is 9.34. The van der Waals surface area contributed by atoms with E-state index in [1.807, 2.05) is 54.6 Å². The number of likely N-dealkylation sites (N-methyl/N-ethyl adjacent to an activating group) is 1. The second kappa shape index (κ2) is 13.6. The Morgan fingerprint density at radius 2 is 1.27 bits per heavy atom. The molecule has 3 aromatic carbocycles. The van der Waals surface area contributed by atoms with E-state index in [0.29, 0.717) is 24.3 Å². The molecule has 3 rings (SSSR count). The van der Waals surface area contributed by atoms with E-state index in [9.17, 15) is 5.26 Å². The van der Waals surface area contributed by atoms with Gasteiger partial charge in [0.25, 0.3) is 0 Å². The van der Waals surface area contributed by atoms with Crippen LogP contribution in [0, 0.1) is 11.3 Å². The van der Waals surface area contributed by atoms with Gasteiger partial charge in [0.2, 0.25) is 0 Å². The maximum atomic E-state index is 10.6. The zero-order chi connectivity index (χ0) is 26.7. The van der Waals surface area contributed by atoms with Crippen LogP contribution in [-0.4, -0.2) is 53.5 Å². The zero-order valence-corrected chi connectivity index (χ0v) is 22.6. The molecule has 6 heteroatoms. The lowest BCUT2D eigenvalue weighted by molar-refractivity contribution is 0.314. The van der Waals surface area contributed by atoms with Gasteiger partial charge in [0.05, 0.1) is 39.9 Å². The quantitative estimate of drug-likeness (QED) is 0.283. The Morgan fingerprint density at radius 3 is 1.78 bits per heavy atom. The van der Waals surface area contributed by atoms with Crippen LogP contribution in [0.15, 0.2) is 66.7 Å². The molecule has 0 saturated heterocycles. The van der Waals surface area contributed by atoms with Gasteiger partial charge in [0.1, 0.15) is 23.0 Å². The highest BCUT2D eigenvalue weighted by Gasteiger charge is 2.33. The Labute approximate surface area is 221 Å². The maximum Gasteiger partial charge on any atom is 0.122 e. The van der Waals surface area contributed by atoms with Crippen molar-refractivity contribution in [2.75, 3.05) is 48.6 Å². The molecule has 0 heterocycles. The minimum absolute atomic E-state index is 0.619. The van der Waals surface area contributed by atoms with Gasteiger partial charge in [-0.2, -0.15) is 5.26 Å². The molecule has 0 aliphatic heterocycles. The van der Waals surface area contributed by atoms with Crippen molar-refractivity contribution in [1.82, 2.24) is 4.90 Å². The number of nitrogens with zero attached hydrogens (tertiary/aromatic N) is 2. The average Bonchev–Trinajstić information content (AvgIpc) is 2.95. The molecule has 0 aliphatic carbocycles. The number of hydrogen-bond acceptors (Lipinski definition) is 6. The van der Waals surface area contributed by atoms with Crippen LogP contribution in [0.25, 0.3) is 0 Å². The van der Waals surface area contributed by atoms with Crippen molar-refractivity contribution in [3.8, 4) is 29.1 Å². The largest absolute Gasteiger partial charge is 0.497 e. The lowest BCUT2D eigenvalue weighted by Crippen LogP contribution is -2.30. The molecule has 0 radical (unpaired) electrons. The minimum Gasteiger partial charge on any atom is -0.497 e. The van der Waals surface area contributed by atoms with Gasteiger partial charge in [-0.1, -0.05) is 30.3 Å². The molecule has 0 aliphatic rings. The third-order valence-corrected chi connectivity index (χ3v) is 6.80. The predicted molar refractivity (Wildman–Crippen MR) is 147 cm³/mol. The summed E-state index contributed by atoms with van der Waals surface area (Å²) in [5.74, 6) is 2.97. The summed E-state index contributed by atoms with van der Waals surface area (Å²) in [5.41, 5.74) is 2.51. The first kappa shape index (κ1) is 27.9. The highest BCUT2D eigenvalue weighted by atomic mass is 16.5. The van der Waals surface area contributed by atoms with Crippen LogP contribution in [0.5, 0.6) is 23.0 Å². The molecule has 196 valence electrons. The van der Waals surface area contributed by atoms with Gasteiger partial charge in [0, 0.05) is 18.7 Å². The molecule has 0 saturated carbocycles. The molecule has 0 N–H and O–H groups in total. The van der Waals surface area contributed by atoms with Gasteiger partial charge in [-0.25, -0.2) is 0 Å². The van der Waals surface area contributed by atoms with Gasteiger partial charge >= 0.3 is 0 Å². The molecule has 0 fully saturated rings. The first-order valence-electron chi connectivity index (χ1n) is 12.5. The minimum atomic E-state index is -0.704. The van der Waals surface area contributed by atoms with Crippen molar-refractivity contribution >= 4 is 0 Å². The lowest BCUT2D eigenvalue weighted by atomic mass is 9.73. The highest BCUT2D eigenvalue weighted by Crippen LogP contribution is 2.37. The van der Waals surface area contributed by atoms with E-state index in [1.54, 1.807) is 28.4 Å². The van der Waals surface area contributed by atoms with E-state index in [0.717, 1.165) is 48.6 Å². The Hall–Kier alpha value is -3.69. The van der Waals surface area contributed by atoms with Gasteiger partial charge in [-0.3, -0.25) is 0 Å². The Morgan fingerprint density at radius 1 is 0.730 bits per heavy atom. The fraction of sp³-hybridized carbons (Fsp3) is 0.387. The molecule has 0 amide bonds. The number of nitriles is 1. The molecule has 1 atom stereocenters. The summed E-state index contributed by atoms with van der Waals surface area (Å²) < 4.78 is 21.8. The summed E-state index contributed by atoms with van der Waals surface area (Å²) >= 11 is 0. The van der Waals surface area contributed by atoms with E-state index in [4.69, 9.17) is 18.9 Å². The lowest BCUT2D eigenvalue weighted by Gasteiger charge is -2.29. The van der Waals surface area contributed by atoms with Crippen molar-refractivity contribution < 1.29 is 18.9 Å². The van der Waals surface area contributed by atoms with E-state index in [2.05, 4.69) is 30.1 Å². The standard InChI is InChI=1S/C31H38N2O4/c1-33(15-12-25-16-27(34-2)20-28(17-25)35-3)14-9-13-31(23-32,22-24-10-7-6-8-11-24)26-18-29(36-4)21-30(19-26)37-5/h6-8,10-11,16-21H,9,12-15,22H2,1-5H3. The summed E-state index contributed by atoms with van der Waals surface area (Å²) in [4.78, 5) is 2.31. The van der Waals surface area contributed by atoms with Gasteiger partial charge in [-0.05, 0) is 80.2 Å². The second-order valence-electron chi connectivity index (χ2n) is 9.34. The van der Waals surface area contributed by atoms with Crippen molar-refractivity contribution in [2.45, 2.75) is 31.1 Å². The third-order valence-electron chi connectivity index (χ3n) is 6.80. The zero-order valence-electron chi connectivity index (χ0n) is 22.6. The van der Waals surface area contributed by atoms with Crippen LogP contribution in [0.1, 0.15) is 29.5 Å². The SMILES string of the molecule is COc1cc(CCN(C)CCCC(C#N)(Cc2ccccc2)c2cc(OC)cc(OC)c2)cc(OC)c1. The Bertz CT molecular complexity index is 1130. The number of methoxy groups -OCH3 is 4. The Balaban J connectivity index is 1.74. The summed E-state index contributed by atoms with van der Waals surface area (Å²) in [6, 6.07) is 24.6. The third kappa shape index (κ3) is 7.65. The number of rotatable bonds is 14. The molecule has 6 nitrogen and oxygen atoms in total. The smallest absolute Gasteiger partial charge is 0.122 e. The van der Waals surface area contributed by atoms with Crippen LogP contribution in [0.2, 0.25) is 0 Å². The summed E-state index contributed by atoms with van der Waals surface area (Å²) in [7, 11) is 8.73. The van der Waals surface area contributed by atoms with Crippen molar-refractivity contribution in [2.24, 2.45) is 0 Å². The fourth-order valence-electron chi connectivity index (χ4n) is 4.62. The molecular formula is C31H38N2O4. The van der Waals surface area contributed by atoms with E-state index >= 15 is 0 Å². The molecule has 0 aromatic heterocycles. The topological polar surface area (TPSA) is 64.0 Å². The molecular weight excluding hydrogens is 464 g/mol. The first-order valence-corrected chi connectivity index (χ1v) is 12.5. The van der Waals surface area contributed by atoms with Crippen LogP contribution in [0.3, 0.4) is 0 Å². The summed E-state index contributed by atoms with van der Waals surface area (Å²) in [5, 5.41) is 10.6. The monoisotopic (exact) mass is 502 g/mol. The molecule has 0 spiro atoms. The Kier molecular flexibility index (Phi) is 10.2. The van der Waals surface area contributed by atoms with Crippen molar-refractivity contribution in [3.05, 3.63) is 83.4 Å². The molecule has 0 bridgehead atoms.